The number of imide groups is 1. The summed E-state index contributed by atoms with van der Waals surface area (Å²) in [5.41, 5.74) is 0.998. The molecule has 2 aromatic rings. The Morgan fingerprint density at radius 1 is 1.10 bits per heavy atom. The molecule has 0 fully saturated rings. The predicted molar refractivity (Wildman–Crippen MR) is 73.4 cm³/mol. The van der Waals surface area contributed by atoms with Crippen LogP contribution < -0.4 is 4.90 Å². The van der Waals surface area contributed by atoms with E-state index in [9.17, 15) is 19.2 Å². The average molecular weight is 280 g/mol. The maximum Gasteiger partial charge on any atom is 0.266 e. The molecular formula is C16H9FN2O2. The minimum Gasteiger partial charge on any atom is -0.268 e. The van der Waals surface area contributed by atoms with Crippen LogP contribution in [0.4, 0.5) is 10.1 Å². The van der Waals surface area contributed by atoms with Gasteiger partial charge in [-0.15, -0.1) is 0 Å². The van der Waals surface area contributed by atoms with Gasteiger partial charge in [0.15, 0.2) is 0 Å². The highest BCUT2D eigenvalue weighted by atomic mass is 19.1. The van der Waals surface area contributed by atoms with Crippen molar-refractivity contribution in [2.24, 2.45) is 0 Å². The Hall–Kier alpha value is -3.00. The number of nitrogens with zero attached hydrogens (tertiary/aromatic N) is 2. The van der Waals surface area contributed by atoms with Crippen molar-refractivity contribution in [2.45, 2.75) is 6.92 Å². The summed E-state index contributed by atoms with van der Waals surface area (Å²) in [4.78, 5) is 25.6. The first-order valence-electron chi connectivity index (χ1n) is 6.22. The van der Waals surface area contributed by atoms with Crippen LogP contribution in [0.25, 0.3) is 0 Å². The van der Waals surface area contributed by atoms with Crippen LogP contribution in [0.2, 0.25) is 0 Å². The van der Waals surface area contributed by atoms with Gasteiger partial charge in [-0.05, 0) is 36.8 Å². The molecule has 0 saturated carbocycles. The number of aryl methyl sites for hydroxylation is 1. The van der Waals surface area contributed by atoms with Gasteiger partial charge in [0.1, 0.15) is 11.9 Å². The average Bonchev–Trinajstić information content (AvgIpc) is 2.71. The number of hydrogen-bond donors (Lipinski definition) is 0. The normalized spacial score (nSPS) is 13.3. The summed E-state index contributed by atoms with van der Waals surface area (Å²) in [6.45, 7) is 1.56. The van der Waals surface area contributed by atoms with Gasteiger partial charge in [0.2, 0.25) is 0 Å². The molecule has 5 heteroatoms. The highest BCUT2D eigenvalue weighted by Gasteiger charge is 2.37. The number of carbonyl (C=O) groups excluding carboxylic acids is 2. The third-order valence-electron chi connectivity index (χ3n) is 3.43. The van der Waals surface area contributed by atoms with Crippen LogP contribution in [0, 0.1) is 24.1 Å². The quantitative estimate of drug-likeness (QED) is 0.755. The summed E-state index contributed by atoms with van der Waals surface area (Å²) < 4.78 is 13.6. The molecule has 0 radical (unpaired) electrons. The molecule has 0 spiro atoms. The first kappa shape index (κ1) is 13.0. The van der Waals surface area contributed by atoms with Crippen molar-refractivity contribution in [3.63, 3.8) is 0 Å². The van der Waals surface area contributed by atoms with E-state index in [1.165, 1.54) is 18.2 Å². The number of fused-ring (bicyclic) bond motifs is 1. The molecule has 0 aliphatic carbocycles. The molecule has 1 heterocycles. The molecule has 3 rings (SSSR count). The van der Waals surface area contributed by atoms with Gasteiger partial charge in [0.25, 0.3) is 11.8 Å². The van der Waals surface area contributed by atoms with Gasteiger partial charge >= 0.3 is 0 Å². The SMILES string of the molecule is Cc1cc(F)cc(N2C(=O)c3ccccc3C2=O)c1C#N. The smallest absolute Gasteiger partial charge is 0.266 e. The van der Waals surface area contributed by atoms with E-state index in [4.69, 9.17) is 0 Å². The minimum absolute atomic E-state index is 0.0128. The number of hydrogen-bond acceptors (Lipinski definition) is 3. The van der Waals surface area contributed by atoms with Gasteiger partial charge < -0.3 is 0 Å². The number of benzene rings is 2. The molecule has 2 amide bonds. The van der Waals surface area contributed by atoms with Crippen LogP contribution in [0.1, 0.15) is 31.8 Å². The van der Waals surface area contributed by atoms with E-state index in [0.29, 0.717) is 5.56 Å². The maximum absolute atomic E-state index is 13.6. The summed E-state index contributed by atoms with van der Waals surface area (Å²) in [6, 6.07) is 10.5. The Bertz CT molecular complexity index is 802. The van der Waals surface area contributed by atoms with Gasteiger partial charge in [-0.25, -0.2) is 9.29 Å². The summed E-state index contributed by atoms with van der Waals surface area (Å²) in [6.07, 6.45) is 0. The van der Waals surface area contributed by atoms with Crippen molar-refractivity contribution in [1.82, 2.24) is 0 Å². The number of carbonyl (C=O) groups is 2. The summed E-state index contributed by atoms with van der Waals surface area (Å²) >= 11 is 0. The minimum atomic E-state index is -0.599. The number of rotatable bonds is 1. The van der Waals surface area contributed by atoms with Gasteiger partial charge in [-0.1, -0.05) is 12.1 Å². The largest absolute Gasteiger partial charge is 0.268 e. The highest BCUT2D eigenvalue weighted by Crippen LogP contribution is 2.32. The van der Waals surface area contributed by atoms with Crippen LogP contribution >= 0.6 is 0 Å². The fourth-order valence-electron chi connectivity index (χ4n) is 2.46. The molecule has 102 valence electrons. The first-order valence-corrected chi connectivity index (χ1v) is 6.22. The predicted octanol–water partition coefficient (Wildman–Crippen LogP) is 2.81. The zero-order valence-corrected chi connectivity index (χ0v) is 11.1. The van der Waals surface area contributed by atoms with Crippen molar-refractivity contribution in [3.05, 3.63) is 64.5 Å². The Kier molecular flexibility index (Phi) is 2.80. The third-order valence-corrected chi connectivity index (χ3v) is 3.43. The molecule has 2 aromatic carbocycles. The van der Waals surface area contributed by atoms with Crippen molar-refractivity contribution >= 4 is 17.5 Å². The van der Waals surface area contributed by atoms with E-state index in [2.05, 4.69) is 0 Å². The van der Waals surface area contributed by atoms with Crippen LogP contribution in [0.5, 0.6) is 0 Å². The standard InChI is InChI=1S/C16H9FN2O2/c1-9-6-10(17)7-14(13(9)8-18)19-15(20)11-4-2-3-5-12(11)16(19)21/h2-7H,1H3. The van der Waals surface area contributed by atoms with Crippen molar-refractivity contribution in [1.29, 1.82) is 5.26 Å². The first-order chi connectivity index (χ1) is 10.0. The molecule has 0 aromatic heterocycles. The molecule has 4 nitrogen and oxygen atoms in total. The lowest BCUT2D eigenvalue weighted by Crippen LogP contribution is -2.30. The number of anilines is 1. The molecule has 21 heavy (non-hydrogen) atoms. The van der Waals surface area contributed by atoms with E-state index < -0.39 is 17.6 Å². The molecular weight excluding hydrogens is 271 g/mol. The van der Waals surface area contributed by atoms with E-state index in [1.54, 1.807) is 19.1 Å². The van der Waals surface area contributed by atoms with Gasteiger partial charge in [0, 0.05) is 0 Å². The number of nitriles is 1. The third kappa shape index (κ3) is 1.81. The number of halogens is 1. The zero-order valence-electron chi connectivity index (χ0n) is 11.1. The molecule has 0 unspecified atom stereocenters. The topological polar surface area (TPSA) is 61.2 Å². The molecule has 1 aliphatic heterocycles. The second-order valence-electron chi connectivity index (χ2n) is 4.72. The molecule has 1 aliphatic rings. The molecule has 0 atom stereocenters. The van der Waals surface area contributed by atoms with E-state index in [1.807, 2.05) is 6.07 Å². The molecule has 0 N–H and O–H groups in total. The second-order valence-corrected chi connectivity index (χ2v) is 4.72. The molecule has 0 bridgehead atoms. The van der Waals surface area contributed by atoms with Crippen LogP contribution in [0.3, 0.4) is 0 Å². The monoisotopic (exact) mass is 280 g/mol. The van der Waals surface area contributed by atoms with Crippen molar-refractivity contribution in [2.75, 3.05) is 4.90 Å². The Labute approximate surface area is 120 Å². The molecule has 0 saturated heterocycles. The van der Waals surface area contributed by atoms with Crippen LogP contribution in [0.15, 0.2) is 36.4 Å². The zero-order chi connectivity index (χ0) is 15.1. The highest BCUT2D eigenvalue weighted by molar-refractivity contribution is 6.34. The second kappa shape index (κ2) is 4.53. The van der Waals surface area contributed by atoms with Gasteiger partial charge in [-0.3, -0.25) is 9.59 Å². The van der Waals surface area contributed by atoms with Crippen molar-refractivity contribution in [3.8, 4) is 6.07 Å². The van der Waals surface area contributed by atoms with Gasteiger partial charge in [0.05, 0.1) is 22.4 Å². The summed E-state index contributed by atoms with van der Waals surface area (Å²) in [5, 5.41) is 9.22. The Morgan fingerprint density at radius 3 is 2.19 bits per heavy atom. The summed E-state index contributed by atoms with van der Waals surface area (Å²) in [7, 11) is 0. The van der Waals surface area contributed by atoms with Crippen molar-refractivity contribution < 1.29 is 14.0 Å². The Balaban J connectivity index is 2.23. The van der Waals surface area contributed by atoms with Crippen LogP contribution in [-0.4, -0.2) is 11.8 Å². The van der Waals surface area contributed by atoms with Crippen LogP contribution in [-0.2, 0) is 0 Å². The fraction of sp³-hybridized carbons (Fsp3) is 0.0625. The number of amides is 2. The lowest BCUT2D eigenvalue weighted by Gasteiger charge is -2.16. The lowest BCUT2D eigenvalue weighted by atomic mass is 10.1. The van der Waals surface area contributed by atoms with E-state index >= 15 is 0 Å². The summed E-state index contributed by atoms with van der Waals surface area (Å²) in [5.74, 6) is -1.69. The lowest BCUT2D eigenvalue weighted by molar-refractivity contribution is 0.0926. The Morgan fingerprint density at radius 2 is 1.67 bits per heavy atom. The fourth-order valence-corrected chi connectivity index (χ4v) is 2.46. The van der Waals surface area contributed by atoms with Gasteiger partial charge in [-0.2, -0.15) is 5.26 Å². The van der Waals surface area contributed by atoms with E-state index in [-0.39, 0.29) is 22.4 Å². The maximum atomic E-state index is 13.6. The van der Waals surface area contributed by atoms with E-state index in [0.717, 1.165) is 11.0 Å².